The molecule has 15 heavy (non-hydrogen) atoms. The average molecular weight is 229 g/mol. The molecule has 0 aliphatic heterocycles. The fourth-order valence-electron chi connectivity index (χ4n) is 2.69. The fraction of sp³-hybridized carbons (Fsp3) is 0.636. The normalized spacial score (nSPS) is 36.9. The summed E-state index contributed by atoms with van der Waals surface area (Å²) in [6.07, 6.45) is 4.85. The molecule has 0 aromatic carbocycles. The van der Waals surface area contributed by atoms with Crippen LogP contribution >= 0.6 is 11.6 Å². The summed E-state index contributed by atoms with van der Waals surface area (Å²) in [7, 11) is 0. The molecule has 4 atom stereocenters. The Morgan fingerprint density at radius 3 is 2.47 bits per heavy atom. The van der Waals surface area contributed by atoms with Gasteiger partial charge in [0.2, 0.25) is 5.24 Å². The number of esters is 1. The lowest BCUT2D eigenvalue weighted by molar-refractivity contribution is -0.152. The van der Waals surface area contributed by atoms with Gasteiger partial charge in [-0.3, -0.25) is 9.59 Å². The quantitative estimate of drug-likeness (QED) is 0.420. The molecule has 4 unspecified atom stereocenters. The summed E-state index contributed by atoms with van der Waals surface area (Å²) < 4.78 is 4.98. The van der Waals surface area contributed by atoms with Crippen LogP contribution in [-0.4, -0.2) is 17.8 Å². The SMILES string of the molecule is CCOC(=O)C1C2C=CC(C2)C1C(=O)Cl. The monoisotopic (exact) mass is 228 g/mol. The van der Waals surface area contributed by atoms with Gasteiger partial charge in [0.05, 0.1) is 18.4 Å². The van der Waals surface area contributed by atoms with E-state index in [0.717, 1.165) is 6.42 Å². The van der Waals surface area contributed by atoms with Crippen LogP contribution in [0.3, 0.4) is 0 Å². The fourth-order valence-corrected chi connectivity index (χ4v) is 2.99. The minimum atomic E-state index is -0.412. The van der Waals surface area contributed by atoms with Gasteiger partial charge in [-0.15, -0.1) is 0 Å². The second kappa shape index (κ2) is 3.97. The highest BCUT2D eigenvalue weighted by atomic mass is 35.5. The van der Waals surface area contributed by atoms with E-state index in [2.05, 4.69) is 0 Å². The number of ether oxygens (including phenoxy) is 1. The molecule has 2 aliphatic rings. The Kier molecular flexibility index (Phi) is 2.83. The van der Waals surface area contributed by atoms with Gasteiger partial charge in [-0.1, -0.05) is 12.2 Å². The third-order valence-corrected chi connectivity index (χ3v) is 3.53. The summed E-state index contributed by atoms with van der Waals surface area (Å²) in [5, 5.41) is -0.412. The van der Waals surface area contributed by atoms with Crippen molar-refractivity contribution in [1.29, 1.82) is 0 Å². The summed E-state index contributed by atoms with van der Waals surface area (Å²) in [6, 6.07) is 0. The summed E-state index contributed by atoms with van der Waals surface area (Å²) in [5.41, 5.74) is 0. The molecular formula is C11H13ClO3. The maximum atomic E-state index is 11.7. The summed E-state index contributed by atoms with van der Waals surface area (Å²) in [6.45, 7) is 2.11. The average Bonchev–Trinajstić information content (AvgIpc) is 2.76. The molecule has 0 aromatic rings. The number of allylic oxidation sites excluding steroid dienone is 2. The van der Waals surface area contributed by atoms with Crippen molar-refractivity contribution in [3.63, 3.8) is 0 Å². The summed E-state index contributed by atoms with van der Waals surface area (Å²) in [4.78, 5) is 23.0. The van der Waals surface area contributed by atoms with E-state index in [1.807, 2.05) is 12.2 Å². The third kappa shape index (κ3) is 1.69. The number of fused-ring (bicyclic) bond motifs is 2. The topological polar surface area (TPSA) is 43.4 Å². The van der Waals surface area contributed by atoms with E-state index >= 15 is 0 Å². The highest BCUT2D eigenvalue weighted by molar-refractivity contribution is 6.64. The first-order valence-electron chi connectivity index (χ1n) is 5.19. The molecule has 1 fully saturated rings. The van der Waals surface area contributed by atoms with Crippen molar-refractivity contribution in [2.24, 2.45) is 23.7 Å². The third-order valence-electron chi connectivity index (χ3n) is 3.28. The van der Waals surface area contributed by atoms with Crippen LogP contribution in [0.2, 0.25) is 0 Å². The molecule has 0 N–H and O–H groups in total. The first-order valence-corrected chi connectivity index (χ1v) is 5.57. The summed E-state index contributed by atoms with van der Waals surface area (Å²) >= 11 is 5.54. The molecular weight excluding hydrogens is 216 g/mol. The Labute approximate surface area is 93.4 Å². The Bertz CT molecular complexity index is 324. The zero-order valence-electron chi connectivity index (χ0n) is 8.48. The van der Waals surface area contributed by atoms with E-state index in [-0.39, 0.29) is 29.6 Å². The van der Waals surface area contributed by atoms with E-state index in [4.69, 9.17) is 16.3 Å². The van der Waals surface area contributed by atoms with Crippen LogP contribution in [0.25, 0.3) is 0 Å². The summed E-state index contributed by atoms with van der Waals surface area (Å²) in [5.74, 6) is -0.741. The highest BCUT2D eigenvalue weighted by Gasteiger charge is 2.51. The van der Waals surface area contributed by atoms with Crippen LogP contribution in [0.4, 0.5) is 0 Å². The van der Waals surface area contributed by atoms with E-state index in [1.165, 1.54) is 0 Å². The van der Waals surface area contributed by atoms with Crippen LogP contribution in [0, 0.1) is 23.7 Å². The van der Waals surface area contributed by atoms with Crippen LogP contribution in [0.1, 0.15) is 13.3 Å². The van der Waals surface area contributed by atoms with Crippen molar-refractivity contribution in [1.82, 2.24) is 0 Å². The number of rotatable bonds is 3. The van der Waals surface area contributed by atoms with Gasteiger partial charge in [0.25, 0.3) is 0 Å². The number of carbonyl (C=O) groups is 2. The van der Waals surface area contributed by atoms with Crippen LogP contribution < -0.4 is 0 Å². The van der Waals surface area contributed by atoms with Crippen molar-refractivity contribution in [2.45, 2.75) is 13.3 Å². The van der Waals surface area contributed by atoms with Crippen LogP contribution in [0.15, 0.2) is 12.2 Å². The van der Waals surface area contributed by atoms with E-state index in [1.54, 1.807) is 6.92 Å². The molecule has 0 radical (unpaired) electrons. The predicted octanol–water partition coefficient (Wildman–Crippen LogP) is 1.75. The van der Waals surface area contributed by atoms with Gasteiger partial charge < -0.3 is 4.74 Å². The molecule has 0 saturated heterocycles. The maximum absolute atomic E-state index is 11.7. The number of carbonyl (C=O) groups excluding carboxylic acids is 2. The lowest BCUT2D eigenvalue weighted by atomic mass is 9.84. The van der Waals surface area contributed by atoms with Crippen molar-refractivity contribution >= 4 is 22.8 Å². The van der Waals surface area contributed by atoms with Gasteiger partial charge in [-0.2, -0.15) is 0 Å². The molecule has 2 bridgehead atoms. The lowest BCUT2D eigenvalue weighted by Crippen LogP contribution is -2.32. The molecule has 0 heterocycles. The Morgan fingerprint density at radius 2 is 1.93 bits per heavy atom. The Balaban J connectivity index is 2.19. The van der Waals surface area contributed by atoms with E-state index in [0.29, 0.717) is 6.61 Å². The minimum Gasteiger partial charge on any atom is -0.466 e. The first-order chi connectivity index (χ1) is 7.15. The van der Waals surface area contributed by atoms with Gasteiger partial charge in [0.15, 0.2) is 0 Å². The van der Waals surface area contributed by atoms with E-state index in [9.17, 15) is 9.59 Å². The second-order valence-corrected chi connectivity index (χ2v) is 4.43. The van der Waals surface area contributed by atoms with Gasteiger partial charge in [-0.05, 0) is 36.8 Å². The van der Waals surface area contributed by atoms with Gasteiger partial charge in [0.1, 0.15) is 0 Å². The molecule has 4 heteroatoms. The molecule has 0 amide bonds. The molecule has 2 rings (SSSR count). The molecule has 82 valence electrons. The molecule has 1 saturated carbocycles. The number of hydrogen-bond donors (Lipinski definition) is 0. The Morgan fingerprint density at radius 1 is 1.33 bits per heavy atom. The largest absolute Gasteiger partial charge is 0.466 e. The molecule has 2 aliphatic carbocycles. The predicted molar refractivity (Wildman–Crippen MR) is 55.2 cm³/mol. The highest BCUT2D eigenvalue weighted by Crippen LogP contribution is 2.49. The van der Waals surface area contributed by atoms with Crippen LogP contribution in [0.5, 0.6) is 0 Å². The standard InChI is InChI=1S/C11H13ClO3/c1-2-15-11(14)9-7-4-3-6(5-7)8(9)10(12)13/h3-4,6-9H,2,5H2,1H3. The van der Waals surface area contributed by atoms with Crippen molar-refractivity contribution in [2.75, 3.05) is 6.61 Å². The second-order valence-electron chi connectivity index (χ2n) is 4.06. The molecule has 3 nitrogen and oxygen atoms in total. The smallest absolute Gasteiger partial charge is 0.310 e. The molecule has 0 aromatic heterocycles. The van der Waals surface area contributed by atoms with Crippen molar-refractivity contribution in [3.05, 3.63) is 12.2 Å². The number of halogens is 1. The first kappa shape index (κ1) is 10.7. The van der Waals surface area contributed by atoms with Crippen molar-refractivity contribution < 1.29 is 14.3 Å². The van der Waals surface area contributed by atoms with Crippen molar-refractivity contribution in [3.8, 4) is 0 Å². The Hall–Kier alpha value is -0.830. The van der Waals surface area contributed by atoms with Crippen LogP contribution in [-0.2, 0) is 14.3 Å². The lowest BCUT2D eigenvalue weighted by Gasteiger charge is -2.22. The molecule has 0 spiro atoms. The minimum absolute atomic E-state index is 0.134. The zero-order valence-corrected chi connectivity index (χ0v) is 9.24. The van der Waals surface area contributed by atoms with E-state index < -0.39 is 5.24 Å². The van der Waals surface area contributed by atoms with Gasteiger partial charge in [-0.25, -0.2) is 0 Å². The van der Waals surface area contributed by atoms with Gasteiger partial charge in [0, 0.05) is 0 Å². The maximum Gasteiger partial charge on any atom is 0.310 e. The van der Waals surface area contributed by atoms with Gasteiger partial charge >= 0.3 is 5.97 Å². The zero-order chi connectivity index (χ0) is 11.0. The number of hydrogen-bond acceptors (Lipinski definition) is 3.